The maximum absolute atomic E-state index is 11.2. The summed E-state index contributed by atoms with van der Waals surface area (Å²) in [7, 11) is 0. The number of ether oxygens (including phenoxy) is 1. The second-order valence-corrected chi connectivity index (χ2v) is 5.21. The van der Waals surface area contributed by atoms with E-state index in [1.807, 2.05) is 6.92 Å². The van der Waals surface area contributed by atoms with Crippen molar-refractivity contribution >= 4 is 17.4 Å². The van der Waals surface area contributed by atoms with Crippen LogP contribution in [0, 0.1) is 6.92 Å². The molecular formula is C15H17ClN2O3. The number of carbonyl (C=O) groups is 1. The Morgan fingerprint density at radius 1 is 1.43 bits per heavy atom. The van der Waals surface area contributed by atoms with Crippen LogP contribution in [0.3, 0.4) is 0 Å². The van der Waals surface area contributed by atoms with E-state index < -0.39 is 6.10 Å². The molecule has 0 fully saturated rings. The minimum absolute atomic E-state index is 0.00706. The Labute approximate surface area is 128 Å². The highest BCUT2D eigenvalue weighted by Crippen LogP contribution is 2.15. The third-order valence-corrected chi connectivity index (χ3v) is 3.50. The summed E-state index contributed by atoms with van der Waals surface area (Å²) < 4.78 is 7.12. The molecule has 0 radical (unpaired) electrons. The van der Waals surface area contributed by atoms with Crippen LogP contribution in [-0.2, 0) is 6.54 Å². The number of halogens is 1. The number of hydrogen-bond donors (Lipinski definition) is 1. The predicted molar refractivity (Wildman–Crippen MR) is 79.9 cm³/mol. The maximum atomic E-state index is 11.2. The zero-order valence-electron chi connectivity index (χ0n) is 11.9. The van der Waals surface area contributed by atoms with Gasteiger partial charge in [0.1, 0.15) is 18.5 Å². The number of aromatic nitrogens is 2. The van der Waals surface area contributed by atoms with Gasteiger partial charge in [0.05, 0.1) is 23.5 Å². The summed E-state index contributed by atoms with van der Waals surface area (Å²) in [6, 6.07) is 6.81. The van der Waals surface area contributed by atoms with Crippen LogP contribution >= 0.6 is 11.6 Å². The lowest BCUT2D eigenvalue weighted by atomic mass is 10.1. The summed E-state index contributed by atoms with van der Waals surface area (Å²) in [4.78, 5) is 11.2. The van der Waals surface area contributed by atoms with Crippen molar-refractivity contribution in [2.24, 2.45) is 0 Å². The van der Waals surface area contributed by atoms with Crippen LogP contribution in [0.25, 0.3) is 0 Å². The van der Waals surface area contributed by atoms with Crippen molar-refractivity contribution in [2.75, 3.05) is 6.61 Å². The van der Waals surface area contributed by atoms with E-state index in [9.17, 15) is 9.90 Å². The van der Waals surface area contributed by atoms with Crippen molar-refractivity contribution in [2.45, 2.75) is 26.5 Å². The van der Waals surface area contributed by atoms with E-state index in [4.69, 9.17) is 16.3 Å². The first-order valence-corrected chi connectivity index (χ1v) is 6.95. The van der Waals surface area contributed by atoms with Crippen molar-refractivity contribution in [1.29, 1.82) is 0 Å². The Bertz CT molecular complexity index is 622. The van der Waals surface area contributed by atoms with Crippen LogP contribution in [0.5, 0.6) is 5.75 Å². The molecule has 6 heteroatoms. The van der Waals surface area contributed by atoms with E-state index in [2.05, 4.69) is 5.10 Å². The quantitative estimate of drug-likeness (QED) is 0.833. The molecule has 1 heterocycles. The van der Waals surface area contributed by atoms with Gasteiger partial charge >= 0.3 is 0 Å². The Morgan fingerprint density at radius 2 is 2.10 bits per heavy atom. The monoisotopic (exact) mass is 308 g/mol. The van der Waals surface area contributed by atoms with E-state index in [0.29, 0.717) is 22.9 Å². The normalized spacial score (nSPS) is 12.2. The Hall–Kier alpha value is -1.85. The maximum Gasteiger partial charge on any atom is 0.159 e. The molecule has 1 aromatic carbocycles. The van der Waals surface area contributed by atoms with Gasteiger partial charge in [-0.25, -0.2) is 0 Å². The highest BCUT2D eigenvalue weighted by Gasteiger charge is 2.11. The molecular weight excluding hydrogens is 292 g/mol. The molecule has 0 amide bonds. The third-order valence-electron chi connectivity index (χ3n) is 3.13. The number of hydrogen-bond acceptors (Lipinski definition) is 4. The summed E-state index contributed by atoms with van der Waals surface area (Å²) in [5.41, 5.74) is 1.44. The smallest absolute Gasteiger partial charge is 0.159 e. The number of carbonyl (C=O) groups excluding carboxylic acids is 1. The van der Waals surface area contributed by atoms with E-state index in [0.717, 1.165) is 5.69 Å². The average Bonchev–Trinajstić information content (AvgIpc) is 2.77. The molecule has 2 aromatic rings. The van der Waals surface area contributed by atoms with E-state index in [1.54, 1.807) is 35.1 Å². The van der Waals surface area contributed by atoms with Gasteiger partial charge < -0.3 is 9.84 Å². The van der Waals surface area contributed by atoms with Crippen LogP contribution in [0.4, 0.5) is 0 Å². The van der Waals surface area contributed by atoms with Gasteiger partial charge in [-0.1, -0.05) is 11.6 Å². The second kappa shape index (κ2) is 6.74. The van der Waals surface area contributed by atoms with Gasteiger partial charge in [0.25, 0.3) is 0 Å². The molecule has 21 heavy (non-hydrogen) atoms. The molecule has 0 aliphatic heterocycles. The predicted octanol–water partition coefficient (Wildman–Crippen LogP) is 2.49. The number of aliphatic hydroxyl groups is 1. The summed E-state index contributed by atoms with van der Waals surface area (Å²) in [5, 5.41) is 14.6. The van der Waals surface area contributed by atoms with Gasteiger partial charge in [-0.3, -0.25) is 9.48 Å². The Balaban J connectivity index is 1.87. The fourth-order valence-corrected chi connectivity index (χ4v) is 1.98. The van der Waals surface area contributed by atoms with Gasteiger partial charge in [-0.15, -0.1) is 0 Å². The van der Waals surface area contributed by atoms with Crippen molar-refractivity contribution in [1.82, 2.24) is 9.78 Å². The van der Waals surface area contributed by atoms with Gasteiger partial charge in [-0.2, -0.15) is 5.10 Å². The fraction of sp³-hybridized carbons (Fsp3) is 0.333. The highest BCUT2D eigenvalue weighted by molar-refractivity contribution is 6.31. The first-order chi connectivity index (χ1) is 9.97. The molecule has 1 aromatic heterocycles. The molecule has 0 bridgehead atoms. The number of nitrogens with zero attached hydrogens (tertiary/aromatic N) is 2. The molecule has 2 rings (SSSR count). The van der Waals surface area contributed by atoms with E-state index in [-0.39, 0.29) is 12.4 Å². The molecule has 1 N–H and O–H groups in total. The largest absolute Gasteiger partial charge is 0.491 e. The Kier molecular flexibility index (Phi) is 4.98. The van der Waals surface area contributed by atoms with Crippen LogP contribution in [0.2, 0.25) is 5.02 Å². The van der Waals surface area contributed by atoms with Crippen LogP contribution < -0.4 is 4.74 Å². The van der Waals surface area contributed by atoms with Gasteiger partial charge in [-0.05, 0) is 38.1 Å². The van der Waals surface area contributed by atoms with Crippen LogP contribution in [0.15, 0.2) is 30.5 Å². The number of ketones is 1. The number of rotatable bonds is 6. The second-order valence-electron chi connectivity index (χ2n) is 4.81. The number of benzene rings is 1. The third kappa shape index (κ3) is 4.06. The molecule has 0 saturated carbocycles. The molecule has 1 unspecified atom stereocenters. The van der Waals surface area contributed by atoms with Crippen molar-refractivity contribution in [3.05, 3.63) is 46.7 Å². The lowest BCUT2D eigenvalue weighted by Gasteiger charge is -2.13. The standard InChI is InChI=1S/C15H17ClN2O3/c1-10-15(16)7-17-18(10)8-13(20)9-21-14-5-3-12(4-6-14)11(2)19/h3-7,13,20H,8-9H2,1-2H3. The molecule has 0 saturated heterocycles. The first kappa shape index (κ1) is 15.5. The lowest BCUT2D eigenvalue weighted by molar-refractivity contribution is 0.0887. The first-order valence-electron chi connectivity index (χ1n) is 6.57. The number of Topliss-reactive ketones (excluding diaryl/α,β-unsaturated/α-hetero) is 1. The van der Waals surface area contributed by atoms with Crippen LogP contribution in [-0.4, -0.2) is 33.4 Å². The minimum Gasteiger partial charge on any atom is -0.491 e. The molecule has 0 aliphatic carbocycles. The van der Waals surface area contributed by atoms with Gasteiger partial charge in [0, 0.05) is 5.56 Å². The summed E-state index contributed by atoms with van der Waals surface area (Å²) in [6.07, 6.45) is 0.845. The molecule has 1 atom stereocenters. The van der Waals surface area contributed by atoms with Crippen LogP contribution in [0.1, 0.15) is 23.0 Å². The summed E-state index contributed by atoms with van der Waals surface area (Å²) >= 11 is 5.90. The topological polar surface area (TPSA) is 64.3 Å². The Morgan fingerprint density at radius 3 is 2.62 bits per heavy atom. The zero-order chi connectivity index (χ0) is 15.4. The summed E-state index contributed by atoms with van der Waals surface area (Å²) in [6.45, 7) is 3.79. The average molecular weight is 309 g/mol. The van der Waals surface area contributed by atoms with Gasteiger partial charge in [0.15, 0.2) is 5.78 Å². The molecule has 0 aliphatic rings. The number of aliphatic hydroxyl groups excluding tert-OH is 1. The lowest BCUT2D eigenvalue weighted by Crippen LogP contribution is -2.24. The van der Waals surface area contributed by atoms with Gasteiger partial charge in [0.2, 0.25) is 0 Å². The fourth-order valence-electron chi connectivity index (χ4n) is 1.84. The van der Waals surface area contributed by atoms with Crippen molar-refractivity contribution in [3.8, 4) is 5.75 Å². The van der Waals surface area contributed by atoms with Crippen molar-refractivity contribution < 1.29 is 14.6 Å². The highest BCUT2D eigenvalue weighted by atomic mass is 35.5. The molecule has 112 valence electrons. The SMILES string of the molecule is CC(=O)c1ccc(OCC(O)Cn2ncc(Cl)c2C)cc1. The molecule has 0 spiro atoms. The minimum atomic E-state index is -0.702. The van der Waals surface area contributed by atoms with E-state index in [1.165, 1.54) is 6.92 Å². The van der Waals surface area contributed by atoms with E-state index >= 15 is 0 Å². The van der Waals surface area contributed by atoms with Crippen molar-refractivity contribution in [3.63, 3.8) is 0 Å². The zero-order valence-corrected chi connectivity index (χ0v) is 12.7. The summed E-state index contributed by atoms with van der Waals surface area (Å²) in [5.74, 6) is 0.613. The molecule has 5 nitrogen and oxygen atoms in total.